The van der Waals surface area contributed by atoms with Crippen LogP contribution in [0.25, 0.3) is 0 Å². The molecule has 0 aliphatic rings. The number of hydrogen-bond acceptors (Lipinski definition) is 2. The summed E-state index contributed by atoms with van der Waals surface area (Å²) in [7, 11) is 0. The molecule has 0 saturated carbocycles. The van der Waals surface area contributed by atoms with Gasteiger partial charge in [-0.15, -0.1) is 0 Å². The summed E-state index contributed by atoms with van der Waals surface area (Å²) in [6.45, 7) is 13.7. The molecule has 12 heavy (non-hydrogen) atoms. The van der Waals surface area contributed by atoms with Gasteiger partial charge in [0.05, 0.1) is 5.88 Å². The van der Waals surface area contributed by atoms with Crippen LogP contribution in [0.4, 0.5) is 0 Å². The zero-order valence-electron chi connectivity index (χ0n) is 8.72. The average molecular weight is 187 g/mol. The van der Waals surface area contributed by atoms with Crippen molar-refractivity contribution in [3.63, 3.8) is 0 Å². The molecule has 0 aromatic rings. The average Bonchev–Trinajstić information content (AvgIpc) is 1.85. The lowest BCUT2D eigenvalue weighted by Crippen LogP contribution is -2.24. The van der Waals surface area contributed by atoms with Gasteiger partial charge in [0, 0.05) is 12.2 Å². The molecule has 0 bridgehead atoms. The molecule has 72 valence electrons. The van der Waals surface area contributed by atoms with Gasteiger partial charge in [-0.1, -0.05) is 27.4 Å². The molecular formula is C10H21NS. The highest BCUT2D eigenvalue weighted by Crippen LogP contribution is 2.19. The molecule has 0 N–H and O–H groups in total. The van der Waals surface area contributed by atoms with Gasteiger partial charge in [0.1, 0.15) is 0 Å². The maximum Gasteiger partial charge on any atom is 0.0606 e. The third-order valence-corrected chi connectivity index (χ3v) is 2.18. The van der Waals surface area contributed by atoms with E-state index in [4.69, 9.17) is 0 Å². The molecule has 0 aliphatic carbocycles. The molecular weight excluding hydrogens is 166 g/mol. The summed E-state index contributed by atoms with van der Waals surface area (Å²) in [6.07, 6.45) is 1.18. The van der Waals surface area contributed by atoms with E-state index in [1.54, 1.807) is 0 Å². The quantitative estimate of drug-likeness (QED) is 0.523. The second-order valence-electron chi connectivity index (χ2n) is 4.45. The van der Waals surface area contributed by atoms with Crippen LogP contribution >= 0.6 is 12.6 Å². The molecule has 0 aromatic carbocycles. The first kappa shape index (κ1) is 11.9. The van der Waals surface area contributed by atoms with Crippen LogP contribution in [0.15, 0.2) is 12.3 Å². The SMILES string of the molecule is C=C(C)N(CS)CCC(C)(C)C. The standard InChI is InChI=1S/C10H21NS/c1-9(2)11(8-12)7-6-10(3,4)5/h12H,1,6-8H2,2-5H3. The third-order valence-electron chi connectivity index (χ3n) is 1.84. The molecule has 0 saturated heterocycles. The number of nitrogens with zero attached hydrogens (tertiary/aromatic N) is 1. The number of thiol groups is 1. The van der Waals surface area contributed by atoms with Gasteiger partial charge >= 0.3 is 0 Å². The summed E-state index contributed by atoms with van der Waals surface area (Å²) >= 11 is 4.25. The summed E-state index contributed by atoms with van der Waals surface area (Å²) in [5.41, 5.74) is 1.51. The van der Waals surface area contributed by atoms with Crippen molar-refractivity contribution in [1.82, 2.24) is 4.90 Å². The van der Waals surface area contributed by atoms with Crippen molar-refractivity contribution >= 4 is 12.6 Å². The van der Waals surface area contributed by atoms with Crippen molar-refractivity contribution < 1.29 is 0 Å². The van der Waals surface area contributed by atoms with Crippen molar-refractivity contribution in [2.45, 2.75) is 34.1 Å². The summed E-state index contributed by atoms with van der Waals surface area (Å²) in [4.78, 5) is 2.19. The zero-order valence-corrected chi connectivity index (χ0v) is 9.62. The number of allylic oxidation sites excluding steroid dienone is 1. The Morgan fingerprint density at radius 3 is 2.17 bits per heavy atom. The minimum absolute atomic E-state index is 0.399. The minimum atomic E-state index is 0.399. The number of rotatable bonds is 4. The van der Waals surface area contributed by atoms with E-state index in [0.717, 1.165) is 18.1 Å². The lowest BCUT2D eigenvalue weighted by molar-refractivity contribution is 0.297. The minimum Gasteiger partial charge on any atom is -0.367 e. The van der Waals surface area contributed by atoms with E-state index in [1.807, 2.05) is 6.92 Å². The topological polar surface area (TPSA) is 3.24 Å². The van der Waals surface area contributed by atoms with Gasteiger partial charge in [-0.05, 0) is 18.8 Å². The van der Waals surface area contributed by atoms with E-state index in [-0.39, 0.29) is 0 Å². The molecule has 0 radical (unpaired) electrons. The van der Waals surface area contributed by atoms with E-state index in [1.165, 1.54) is 6.42 Å². The van der Waals surface area contributed by atoms with Crippen molar-refractivity contribution in [3.8, 4) is 0 Å². The zero-order chi connectivity index (χ0) is 9.78. The van der Waals surface area contributed by atoms with Crippen LogP contribution in [0.5, 0.6) is 0 Å². The van der Waals surface area contributed by atoms with Crippen molar-refractivity contribution in [1.29, 1.82) is 0 Å². The molecule has 0 heterocycles. The molecule has 1 nitrogen and oxygen atoms in total. The fraction of sp³-hybridized carbons (Fsp3) is 0.800. The van der Waals surface area contributed by atoms with Crippen LogP contribution in [0.1, 0.15) is 34.1 Å². The predicted octanol–water partition coefficient (Wildman–Crippen LogP) is 3.15. The Morgan fingerprint density at radius 1 is 1.42 bits per heavy atom. The highest BCUT2D eigenvalue weighted by atomic mass is 32.1. The monoisotopic (exact) mass is 187 g/mol. The summed E-state index contributed by atoms with van der Waals surface area (Å²) in [5.74, 6) is 0.769. The van der Waals surface area contributed by atoms with E-state index in [0.29, 0.717) is 5.41 Å². The molecule has 2 heteroatoms. The predicted molar refractivity (Wildman–Crippen MR) is 59.4 cm³/mol. The summed E-state index contributed by atoms with van der Waals surface area (Å²) in [6, 6.07) is 0. The Labute approximate surface area is 82.2 Å². The largest absolute Gasteiger partial charge is 0.367 e. The molecule has 0 atom stereocenters. The van der Waals surface area contributed by atoms with E-state index in [2.05, 4.69) is 44.9 Å². The van der Waals surface area contributed by atoms with Gasteiger partial charge in [0.15, 0.2) is 0 Å². The third kappa shape index (κ3) is 5.53. The first-order chi connectivity index (χ1) is 5.37. The summed E-state index contributed by atoms with van der Waals surface area (Å²) < 4.78 is 0. The Balaban J connectivity index is 3.81. The first-order valence-corrected chi connectivity index (χ1v) is 5.01. The Hall–Kier alpha value is -0.110. The van der Waals surface area contributed by atoms with Crippen LogP contribution in [0.2, 0.25) is 0 Å². The van der Waals surface area contributed by atoms with Crippen molar-refractivity contribution in [3.05, 3.63) is 12.3 Å². The van der Waals surface area contributed by atoms with Gasteiger partial charge in [-0.25, -0.2) is 0 Å². The Morgan fingerprint density at radius 2 is 1.92 bits per heavy atom. The molecule has 0 aliphatic heterocycles. The lowest BCUT2D eigenvalue weighted by Gasteiger charge is -2.26. The highest BCUT2D eigenvalue weighted by molar-refractivity contribution is 7.80. The van der Waals surface area contributed by atoms with Gasteiger partial charge in [0.2, 0.25) is 0 Å². The summed E-state index contributed by atoms with van der Waals surface area (Å²) in [5, 5.41) is 0. The molecule has 0 spiro atoms. The molecule has 0 aromatic heterocycles. The van der Waals surface area contributed by atoms with E-state index < -0.39 is 0 Å². The van der Waals surface area contributed by atoms with E-state index >= 15 is 0 Å². The fourth-order valence-electron chi connectivity index (χ4n) is 0.853. The molecule has 0 amide bonds. The van der Waals surface area contributed by atoms with Crippen LogP contribution in [-0.4, -0.2) is 17.3 Å². The second kappa shape index (κ2) is 4.80. The normalized spacial score (nSPS) is 11.4. The van der Waals surface area contributed by atoms with Crippen LogP contribution < -0.4 is 0 Å². The fourth-order valence-corrected chi connectivity index (χ4v) is 1.24. The number of hydrogen-bond donors (Lipinski definition) is 1. The highest BCUT2D eigenvalue weighted by Gasteiger charge is 2.11. The van der Waals surface area contributed by atoms with Gasteiger partial charge in [-0.2, -0.15) is 12.6 Å². The Bertz CT molecular complexity index is 146. The van der Waals surface area contributed by atoms with Crippen molar-refractivity contribution in [2.75, 3.05) is 12.4 Å². The molecule has 0 unspecified atom stereocenters. The van der Waals surface area contributed by atoms with Crippen molar-refractivity contribution in [2.24, 2.45) is 5.41 Å². The van der Waals surface area contributed by atoms with Gasteiger partial charge < -0.3 is 4.90 Å². The van der Waals surface area contributed by atoms with Crippen LogP contribution in [0.3, 0.4) is 0 Å². The van der Waals surface area contributed by atoms with E-state index in [9.17, 15) is 0 Å². The van der Waals surface area contributed by atoms with Crippen LogP contribution in [0, 0.1) is 5.41 Å². The van der Waals surface area contributed by atoms with Crippen LogP contribution in [-0.2, 0) is 0 Å². The smallest absolute Gasteiger partial charge is 0.0606 e. The lowest BCUT2D eigenvalue weighted by atomic mass is 9.92. The molecule has 0 fully saturated rings. The van der Waals surface area contributed by atoms with Gasteiger partial charge in [0.25, 0.3) is 0 Å². The first-order valence-electron chi connectivity index (χ1n) is 4.38. The second-order valence-corrected chi connectivity index (χ2v) is 4.73. The maximum absolute atomic E-state index is 4.25. The molecule has 0 rings (SSSR count). The Kier molecular flexibility index (Phi) is 4.76. The van der Waals surface area contributed by atoms with Gasteiger partial charge in [-0.3, -0.25) is 0 Å². The maximum atomic E-state index is 4.25.